The molecular weight excluding hydrogens is 418 g/mol. The smallest absolute Gasteiger partial charge is 0.254 e. The topological polar surface area (TPSA) is 91.2 Å². The van der Waals surface area contributed by atoms with Crippen molar-refractivity contribution in [1.29, 1.82) is 0 Å². The fourth-order valence-electron chi connectivity index (χ4n) is 4.71. The van der Waals surface area contributed by atoms with Crippen LogP contribution in [0.2, 0.25) is 0 Å². The summed E-state index contributed by atoms with van der Waals surface area (Å²) in [7, 11) is 1.45. The van der Waals surface area contributed by atoms with E-state index in [4.69, 9.17) is 4.84 Å². The SMILES string of the molecule is CO/N=C1\CC(C(=O)NCC2(O)CCCCC2)N(C(=O)c2ccc(-c3ccccc3)cc2)C1. The predicted octanol–water partition coefficient (Wildman–Crippen LogP) is 3.38. The van der Waals surface area contributed by atoms with Crippen LogP contribution in [-0.2, 0) is 9.63 Å². The van der Waals surface area contributed by atoms with Gasteiger partial charge in [0.25, 0.3) is 5.91 Å². The highest BCUT2D eigenvalue weighted by molar-refractivity contribution is 6.05. The van der Waals surface area contributed by atoms with Crippen molar-refractivity contribution < 1.29 is 19.5 Å². The van der Waals surface area contributed by atoms with Crippen LogP contribution in [0.3, 0.4) is 0 Å². The molecule has 2 amide bonds. The summed E-state index contributed by atoms with van der Waals surface area (Å²) in [4.78, 5) is 32.8. The Morgan fingerprint density at radius 1 is 1.06 bits per heavy atom. The molecular formula is C26H31N3O4. The number of nitrogens with zero attached hydrogens (tertiary/aromatic N) is 2. The number of hydrogen-bond acceptors (Lipinski definition) is 5. The van der Waals surface area contributed by atoms with Gasteiger partial charge in [0.15, 0.2) is 0 Å². The summed E-state index contributed by atoms with van der Waals surface area (Å²) in [6, 6.07) is 16.7. The van der Waals surface area contributed by atoms with Gasteiger partial charge in [0.1, 0.15) is 13.2 Å². The minimum Gasteiger partial charge on any atom is -0.399 e. The van der Waals surface area contributed by atoms with Crippen molar-refractivity contribution in [1.82, 2.24) is 10.2 Å². The highest BCUT2D eigenvalue weighted by Gasteiger charge is 2.39. The number of oxime groups is 1. The molecule has 2 N–H and O–H groups in total. The zero-order valence-electron chi connectivity index (χ0n) is 19.0. The van der Waals surface area contributed by atoms with E-state index in [2.05, 4.69) is 10.5 Å². The van der Waals surface area contributed by atoms with Gasteiger partial charge in [0.05, 0.1) is 17.9 Å². The van der Waals surface area contributed by atoms with Gasteiger partial charge in [-0.2, -0.15) is 0 Å². The molecule has 1 saturated carbocycles. The van der Waals surface area contributed by atoms with Gasteiger partial charge >= 0.3 is 0 Å². The third-order valence-electron chi connectivity index (χ3n) is 6.56. The molecule has 174 valence electrons. The Kier molecular flexibility index (Phi) is 7.08. The maximum atomic E-state index is 13.3. The number of hydrogen-bond donors (Lipinski definition) is 2. The van der Waals surface area contributed by atoms with Crippen molar-refractivity contribution in [3.63, 3.8) is 0 Å². The van der Waals surface area contributed by atoms with E-state index in [1.54, 1.807) is 12.1 Å². The quantitative estimate of drug-likeness (QED) is 0.662. The molecule has 33 heavy (non-hydrogen) atoms. The number of carbonyl (C=O) groups is 2. The molecule has 1 atom stereocenters. The van der Waals surface area contributed by atoms with Crippen LogP contribution in [0, 0.1) is 0 Å². The van der Waals surface area contributed by atoms with Crippen molar-refractivity contribution in [3.8, 4) is 11.1 Å². The van der Waals surface area contributed by atoms with E-state index in [0.29, 0.717) is 30.5 Å². The first kappa shape index (κ1) is 23.0. The molecule has 1 unspecified atom stereocenters. The van der Waals surface area contributed by atoms with Crippen molar-refractivity contribution in [3.05, 3.63) is 60.2 Å². The highest BCUT2D eigenvalue weighted by atomic mass is 16.6. The molecule has 0 spiro atoms. The molecule has 0 aromatic heterocycles. The summed E-state index contributed by atoms with van der Waals surface area (Å²) in [5, 5.41) is 17.6. The molecule has 1 aliphatic carbocycles. The summed E-state index contributed by atoms with van der Waals surface area (Å²) in [6.45, 7) is 0.433. The fraction of sp³-hybridized carbons (Fsp3) is 0.423. The monoisotopic (exact) mass is 449 g/mol. The van der Waals surface area contributed by atoms with E-state index in [9.17, 15) is 14.7 Å². The lowest BCUT2D eigenvalue weighted by Crippen LogP contribution is -2.50. The molecule has 2 aromatic rings. The molecule has 0 radical (unpaired) electrons. The van der Waals surface area contributed by atoms with Gasteiger partial charge in [-0.05, 0) is 36.1 Å². The number of amides is 2. The Balaban J connectivity index is 1.48. The van der Waals surface area contributed by atoms with Gasteiger partial charge in [-0.15, -0.1) is 0 Å². The summed E-state index contributed by atoms with van der Waals surface area (Å²) in [6.07, 6.45) is 4.72. The van der Waals surface area contributed by atoms with Crippen LogP contribution in [-0.4, -0.2) is 59.4 Å². The predicted molar refractivity (Wildman–Crippen MR) is 127 cm³/mol. The Bertz CT molecular complexity index is 998. The third-order valence-corrected chi connectivity index (χ3v) is 6.56. The van der Waals surface area contributed by atoms with E-state index in [-0.39, 0.29) is 24.9 Å². The number of nitrogens with one attached hydrogen (secondary N) is 1. The molecule has 1 saturated heterocycles. The summed E-state index contributed by atoms with van der Waals surface area (Å²) in [5.41, 5.74) is 2.38. The second-order valence-corrected chi connectivity index (χ2v) is 8.94. The number of carbonyl (C=O) groups excluding carboxylic acids is 2. The molecule has 0 bridgehead atoms. The normalized spacial score (nSPS) is 21.1. The second kappa shape index (κ2) is 10.2. The van der Waals surface area contributed by atoms with Crippen molar-refractivity contribution >= 4 is 17.5 Å². The van der Waals surface area contributed by atoms with Crippen molar-refractivity contribution in [2.75, 3.05) is 20.2 Å². The van der Waals surface area contributed by atoms with Gasteiger partial charge < -0.3 is 20.2 Å². The number of benzene rings is 2. The summed E-state index contributed by atoms with van der Waals surface area (Å²) in [5.74, 6) is -0.503. The number of likely N-dealkylation sites (tertiary alicyclic amines) is 1. The van der Waals surface area contributed by atoms with Gasteiger partial charge in [-0.1, -0.05) is 66.9 Å². The Hall–Kier alpha value is -3.19. The van der Waals surface area contributed by atoms with Gasteiger partial charge in [-0.3, -0.25) is 9.59 Å². The molecule has 2 aliphatic rings. The number of rotatable bonds is 6. The van der Waals surface area contributed by atoms with E-state index in [1.165, 1.54) is 12.0 Å². The van der Waals surface area contributed by atoms with E-state index >= 15 is 0 Å². The number of aliphatic hydroxyl groups is 1. The van der Waals surface area contributed by atoms with Gasteiger partial charge in [0, 0.05) is 18.5 Å². The summed E-state index contributed by atoms with van der Waals surface area (Å²) < 4.78 is 0. The van der Waals surface area contributed by atoms with Gasteiger partial charge in [0.2, 0.25) is 5.91 Å². The first-order valence-electron chi connectivity index (χ1n) is 11.5. The molecule has 2 fully saturated rings. The molecule has 7 heteroatoms. The molecule has 4 rings (SSSR count). The first-order chi connectivity index (χ1) is 16.0. The van der Waals surface area contributed by atoms with Crippen LogP contribution >= 0.6 is 0 Å². The molecule has 1 heterocycles. The third kappa shape index (κ3) is 5.42. The van der Waals surface area contributed by atoms with Crippen molar-refractivity contribution in [2.45, 2.75) is 50.2 Å². The fourth-order valence-corrected chi connectivity index (χ4v) is 4.71. The van der Waals surface area contributed by atoms with Gasteiger partial charge in [-0.25, -0.2) is 0 Å². The van der Waals surface area contributed by atoms with Crippen LogP contribution in [0.1, 0.15) is 48.9 Å². The summed E-state index contributed by atoms with van der Waals surface area (Å²) >= 11 is 0. The maximum Gasteiger partial charge on any atom is 0.254 e. The zero-order valence-corrected chi connectivity index (χ0v) is 19.0. The lowest BCUT2D eigenvalue weighted by molar-refractivity contribution is -0.126. The Morgan fingerprint density at radius 2 is 1.73 bits per heavy atom. The molecule has 2 aromatic carbocycles. The average Bonchev–Trinajstić information content (AvgIpc) is 3.27. The maximum absolute atomic E-state index is 13.3. The largest absolute Gasteiger partial charge is 0.399 e. The van der Waals surface area contributed by atoms with Crippen LogP contribution in [0.15, 0.2) is 59.8 Å². The minimum absolute atomic E-state index is 0.201. The highest BCUT2D eigenvalue weighted by Crippen LogP contribution is 2.28. The van der Waals surface area contributed by atoms with E-state index in [0.717, 1.165) is 30.4 Å². The average molecular weight is 450 g/mol. The van der Waals surface area contributed by atoms with Crippen molar-refractivity contribution in [2.24, 2.45) is 5.16 Å². The lowest BCUT2D eigenvalue weighted by Gasteiger charge is -2.33. The first-order valence-corrected chi connectivity index (χ1v) is 11.5. The Morgan fingerprint density at radius 3 is 2.39 bits per heavy atom. The van der Waals surface area contributed by atoms with Crippen LogP contribution in [0.4, 0.5) is 0 Å². The van der Waals surface area contributed by atoms with E-state index < -0.39 is 11.6 Å². The minimum atomic E-state index is -0.863. The van der Waals surface area contributed by atoms with E-state index in [1.807, 2.05) is 42.5 Å². The Labute approximate surface area is 194 Å². The van der Waals surface area contributed by atoms with Crippen LogP contribution < -0.4 is 5.32 Å². The second-order valence-electron chi connectivity index (χ2n) is 8.94. The van der Waals surface area contributed by atoms with Crippen LogP contribution in [0.25, 0.3) is 11.1 Å². The molecule has 1 aliphatic heterocycles. The standard InChI is InChI=1S/C26H31N3O4/c1-33-28-22-16-23(24(30)27-18-26(32)14-6-3-7-15-26)29(17-22)25(31)21-12-10-20(11-13-21)19-8-4-2-5-9-19/h2,4-5,8-13,23,32H,3,6-7,14-18H2,1H3,(H,27,30)/b28-22+. The molecule has 7 nitrogen and oxygen atoms in total. The zero-order chi connectivity index (χ0) is 23.3. The van der Waals surface area contributed by atoms with Crippen LogP contribution in [0.5, 0.6) is 0 Å². The lowest BCUT2D eigenvalue weighted by atomic mass is 9.85.